The van der Waals surface area contributed by atoms with Crippen molar-refractivity contribution in [3.63, 3.8) is 0 Å². The third-order valence-corrected chi connectivity index (χ3v) is 5.81. The molecule has 2 heterocycles. The van der Waals surface area contributed by atoms with Crippen molar-refractivity contribution in [2.24, 2.45) is 0 Å². The number of nitrogens with zero attached hydrogens (tertiary/aromatic N) is 4. The van der Waals surface area contributed by atoms with Gasteiger partial charge in [0.05, 0.1) is 26.3 Å². The van der Waals surface area contributed by atoms with Gasteiger partial charge in [-0.05, 0) is 42.8 Å². The molecule has 4 rings (SSSR count). The van der Waals surface area contributed by atoms with Gasteiger partial charge in [-0.3, -0.25) is 4.79 Å². The predicted molar refractivity (Wildman–Crippen MR) is 132 cm³/mol. The summed E-state index contributed by atoms with van der Waals surface area (Å²) >= 11 is 6.16. The van der Waals surface area contributed by atoms with E-state index in [-0.39, 0.29) is 17.3 Å². The molecule has 2 amide bonds. The number of carbonyl (C=O) groups is 2. The molecule has 35 heavy (non-hydrogen) atoms. The van der Waals surface area contributed by atoms with Crippen LogP contribution in [0, 0.1) is 0 Å². The number of carbonyl (C=O) groups excluding carboxylic acids is 2. The highest BCUT2D eigenvalue weighted by molar-refractivity contribution is 6.28. The van der Waals surface area contributed by atoms with Crippen LogP contribution >= 0.6 is 11.6 Å². The zero-order valence-electron chi connectivity index (χ0n) is 19.7. The number of fused-ring (bicyclic) bond motifs is 1. The number of methoxy groups -OCH3 is 2. The van der Waals surface area contributed by atoms with E-state index < -0.39 is 0 Å². The number of nitrogens with one attached hydrogen (secondary N) is 1. The molecule has 1 aromatic heterocycles. The molecule has 10 nitrogen and oxygen atoms in total. The van der Waals surface area contributed by atoms with Crippen molar-refractivity contribution in [1.82, 2.24) is 19.8 Å². The summed E-state index contributed by atoms with van der Waals surface area (Å²) in [5.41, 5.74) is 1.76. The quantitative estimate of drug-likeness (QED) is 0.508. The average Bonchev–Trinajstić information content (AvgIpc) is 2.87. The zero-order chi connectivity index (χ0) is 24.9. The summed E-state index contributed by atoms with van der Waals surface area (Å²) in [5, 5.41) is 3.99. The molecule has 184 valence electrons. The van der Waals surface area contributed by atoms with Crippen LogP contribution in [-0.4, -0.2) is 78.8 Å². The lowest BCUT2D eigenvalue weighted by atomic mass is 10.1. The Morgan fingerprint density at radius 3 is 2.37 bits per heavy atom. The van der Waals surface area contributed by atoms with Crippen LogP contribution < -0.4 is 14.8 Å². The Hall–Kier alpha value is -3.79. The van der Waals surface area contributed by atoms with Crippen LogP contribution in [0.2, 0.25) is 5.28 Å². The summed E-state index contributed by atoms with van der Waals surface area (Å²) in [6.07, 6.45) is -0.351. The lowest BCUT2D eigenvalue weighted by Gasteiger charge is -2.34. The second-order valence-electron chi connectivity index (χ2n) is 7.75. The number of aromatic nitrogens is 2. The summed E-state index contributed by atoms with van der Waals surface area (Å²) in [6.45, 7) is 3.82. The number of piperazine rings is 1. The van der Waals surface area contributed by atoms with Gasteiger partial charge in [0.15, 0.2) is 11.5 Å². The van der Waals surface area contributed by atoms with Gasteiger partial charge in [0.25, 0.3) is 5.91 Å². The predicted octanol–water partition coefficient (Wildman–Crippen LogP) is 3.96. The SMILES string of the molecule is CCOC(=O)N1CCN(C(=O)c2cccc(Nc3nc(Cl)nc4cc(OC)c(OC)cc34)c2)CC1. The van der Waals surface area contributed by atoms with Crippen LogP contribution in [0.1, 0.15) is 17.3 Å². The first-order valence-corrected chi connectivity index (χ1v) is 11.5. The maximum absolute atomic E-state index is 13.1. The second-order valence-corrected chi connectivity index (χ2v) is 8.09. The lowest BCUT2D eigenvalue weighted by Crippen LogP contribution is -2.50. The van der Waals surface area contributed by atoms with Crippen molar-refractivity contribution in [3.05, 3.63) is 47.2 Å². The van der Waals surface area contributed by atoms with E-state index in [1.165, 1.54) is 0 Å². The minimum Gasteiger partial charge on any atom is -0.493 e. The molecular formula is C24H26ClN5O5. The van der Waals surface area contributed by atoms with Gasteiger partial charge in [-0.1, -0.05) is 6.07 Å². The molecule has 11 heteroatoms. The molecular weight excluding hydrogens is 474 g/mol. The van der Waals surface area contributed by atoms with E-state index in [0.717, 1.165) is 0 Å². The van der Waals surface area contributed by atoms with E-state index >= 15 is 0 Å². The van der Waals surface area contributed by atoms with Crippen molar-refractivity contribution in [2.75, 3.05) is 52.3 Å². The molecule has 1 saturated heterocycles. The Kier molecular flexibility index (Phi) is 7.40. The fourth-order valence-corrected chi connectivity index (χ4v) is 4.05. The van der Waals surface area contributed by atoms with Crippen LogP contribution in [0.3, 0.4) is 0 Å². The maximum Gasteiger partial charge on any atom is 0.409 e. The van der Waals surface area contributed by atoms with Crippen molar-refractivity contribution in [2.45, 2.75) is 6.92 Å². The molecule has 3 aromatic rings. The van der Waals surface area contributed by atoms with Crippen molar-refractivity contribution < 1.29 is 23.8 Å². The second kappa shape index (κ2) is 10.6. The monoisotopic (exact) mass is 499 g/mol. The number of benzene rings is 2. The van der Waals surface area contributed by atoms with Crippen LogP contribution in [0.5, 0.6) is 11.5 Å². The van der Waals surface area contributed by atoms with Crippen LogP contribution in [0.4, 0.5) is 16.3 Å². The molecule has 0 saturated carbocycles. The molecule has 0 bridgehead atoms. The number of amides is 2. The zero-order valence-corrected chi connectivity index (χ0v) is 20.5. The molecule has 1 aliphatic heterocycles. The molecule has 1 aliphatic rings. The Balaban J connectivity index is 1.54. The Bertz CT molecular complexity index is 1250. The van der Waals surface area contributed by atoms with Gasteiger partial charge >= 0.3 is 6.09 Å². The van der Waals surface area contributed by atoms with Crippen molar-refractivity contribution in [3.8, 4) is 11.5 Å². The van der Waals surface area contributed by atoms with Gasteiger partial charge in [-0.2, -0.15) is 4.98 Å². The summed E-state index contributed by atoms with van der Waals surface area (Å²) in [7, 11) is 3.10. The largest absolute Gasteiger partial charge is 0.493 e. The molecule has 1 fully saturated rings. The number of anilines is 2. The topological polar surface area (TPSA) is 106 Å². The third kappa shape index (κ3) is 5.32. The highest BCUT2D eigenvalue weighted by atomic mass is 35.5. The molecule has 2 aromatic carbocycles. The average molecular weight is 500 g/mol. The maximum atomic E-state index is 13.1. The van der Waals surface area contributed by atoms with Gasteiger partial charge in [-0.15, -0.1) is 0 Å². The van der Waals surface area contributed by atoms with Crippen LogP contribution in [0.15, 0.2) is 36.4 Å². The number of halogens is 1. The standard InChI is InChI=1S/C24H26ClN5O5/c1-4-35-24(32)30-10-8-29(9-11-30)22(31)15-6-5-7-16(12-15)26-21-17-13-19(33-2)20(34-3)14-18(17)27-23(25)28-21/h5-7,12-14H,4,8-11H2,1-3H3,(H,26,27,28). The summed E-state index contributed by atoms with van der Waals surface area (Å²) in [6, 6.07) is 10.6. The van der Waals surface area contributed by atoms with Crippen LogP contribution in [-0.2, 0) is 4.74 Å². The van der Waals surface area contributed by atoms with Crippen LogP contribution in [0.25, 0.3) is 10.9 Å². The highest BCUT2D eigenvalue weighted by Gasteiger charge is 2.25. The normalized spacial score (nSPS) is 13.5. The first-order chi connectivity index (χ1) is 16.9. The molecule has 0 radical (unpaired) electrons. The summed E-state index contributed by atoms with van der Waals surface area (Å²) in [4.78, 5) is 37.0. The first-order valence-electron chi connectivity index (χ1n) is 11.1. The Morgan fingerprint density at radius 2 is 1.69 bits per heavy atom. The van der Waals surface area contributed by atoms with Gasteiger partial charge in [-0.25, -0.2) is 9.78 Å². The fraction of sp³-hybridized carbons (Fsp3) is 0.333. The number of ether oxygens (including phenoxy) is 3. The van der Waals surface area contributed by atoms with Crippen molar-refractivity contribution in [1.29, 1.82) is 0 Å². The lowest BCUT2D eigenvalue weighted by molar-refractivity contribution is 0.0570. The van der Waals surface area contributed by atoms with E-state index in [1.807, 2.05) is 6.07 Å². The van der Waals surface area contributed by atoms with Gasteiger partial charge in [0.1, 0.15) is 5.82 Å². The number of hydrogen-bond donors (Lipinski definition) is 1. The van der Waals surface area contributed by atoms with Crippen molar-refractivity contribution >= 4 is 46.0 Å². The Labute approximate surface area is 207 Å². The number of rotatable bonds is 6. The summed E-state index contributed by atoms with van der Waals surface area (Å²) < 4.78 is 15.8. The molecule has 0 atom stereocenters. The van der Waals surface area contributed by atoms with E-state index in [0.29, 0.717) is 72.3 Å². The molecule has 0 spiro atoms. The van der Waals surface area contributed by atoms with E-state index in [2.05, 4.69) is 15.3 Å². The molecule has 1 N–H and O–H groups in total. The van der Waals surface area contributed by atoms with Gasteiger partial charge < -0.3 is 29.3 Å². The van der Waals surface area contributed by atoms with Gasteiger partial charge in [0, 0.05) is 48.9 Å². The fourth-order valence-electron chi connectivity index (χ4n) is 3.88. The Morgan fingerprint density at radius 1 is 1.00 bits per heavy atom. The first kappa shape index (κ1) is 24.3. The highest BCUT2D eigenvalue weighted by Crippen LogP contribution is 2.35. The minimum absolute atomic E-state index is 0.0684. The van der Waals surface area contributed by atoms with E-state index in [9.17, 15) is 9.59 Å². The number of hydrogen-bond acceptors (Lipinski definition) is 8. The van der Waals surface area contributed by atoms with E-state index in [4.69, 9.17) is 25.8 Å². The smallest absolute Gasteiger partial charge is 0.409 e. The van der Waals surface area contributed by atoms with E-state index in [1.54, 1.807) is 61.3 Å². The van der Waals surface area contributed by atoms with Gasteiger partial charge in [0.2, 0.25) is 5.28 Å². The third-order valence-electron chi connectivity index (χ3n) is 5.64. The molecule has 0 unspecified atom stereocenters. The summed E-state index contributed by atoms with van der Waals surface area (Å²) in [5.74, 6) is 1.40. The molecule has 0 aliphatic carbocycles. The minimum atomic E-state index is -0.351.